The van der Waals surface area contributed by atoms with E-state index in [1.165, 1.54) is 19.4 Å². The maximum atomic E-state index is 17.3. The Bertz CT molecular complexity index is 2200. The number of aromatic nitrogens is 3. The van der Waals surface area contributed by atoms with Gasteiger partial charge in [0.25, 0.3) is 0 Å². The van der Waals surface area contributed by atoms with Gasteiger partial charge in [-0.15, -0.1) is 6.42 Å². The van der Waals surface area contributed by atoms with E-state index < -0.39 is 17.2 Å². The van der Waals surface area contributed by atoms with Crippen molar-refractivity contribution in [2.24, 2.45) is 0 Å². The summed E-state index contributed by atoms with van der Waals surface area (Å²) < 4.78 is 55.5. The van der Waals surface area contributed by atoms with Gasteiger partial charge >= 0.3 is 12.1 Å². The largest absolute Gasteiger partial charge is 0.468 e. The first-order valence-corrected chi connectivity index (χ1v) is 18.4. The number of hydrogen-bond donors (Lipinski definition) is 0. The number of benzene rings is 2. The van der Waals surface area contributed by atoms with Crippen molar-refractivity contribution in [1.29, 1.82) is 0 Å². The van der Waals surface area contributed by atoms with Gasteiger partial charge in [-0.2, -0.15) is 9.97 Å². The summed E-state index contributed by atoms with van der Waals surface area (Å²) in [6, 6.07) is 5.89. The highest BCUT2D eigenvalue weighted by Gasteiger charge is 2.47. The van der Waals surface area contributed by atoms with Crippen LogP contribution in [0.5, 0.6) is 11.8 Å². The minimum Gasteiger partial charge on any atom is -0.468 e. The van der Waals surface area contributed by atoms with Crippen molar-refractivity contribution in [2.75, 3.05) is 51.6 Å². The van der Waals surface area contributed by atoms with Crippen LogP contribution in [0.3, 0.4) is 0 Å². The molecule has 4 aromatic rings. The van der Waals surface area contributed by atoms with Gasteiger partial charge in [-0.1, -0.05) is 24.1 Å². The third-order valence-corrected chi connectivity index (χ3v) is 11.0. The molecule has 11 nitrogen and oxygen atoms in total. The average Bonchev–Trinajstić information content (AvgIpc) is 3.75. The zero-order valence-electron chi connectivity index (χ0n) is 31.1. The average molecular weight is 739 g/mol. The SMILES string of the molecule is C#Cc1c(F)ccc2cc(OCOC)cc(-c3ncc4c(N5CC6CCC(C5)N6C(=O)OC(C)(C)C)nc(OCC56CCCN5CC(=C)C6)nc4c3F)c12. The van der Waals surface area contributed by atoms with Gasteiger partial charge in [-0.05, 0) is 83.0 Å². The van der Waals surface area contributed by atoms with E-state index in [0.717, 1.165) is 50.8 Å². The molecule has 3 unspecified atom stereocenters. The van der Waals surface area contributed by atoms with Crippen LogP contribution in [0.4, 0.5) is 19.4 Å². The highest BCUT2D eigenvalue weighted by Crippen LogP contribution is 2.43. The number of hydrogen-bond acceptors (Lipinski definition) is 10. The summed E-state index contributed by atoms with van der Waals surface area (Å²) in [5.74, 6) is 1.90. The molecular weight excluding hydrogens is 694 g/mol. The van der Waals surface area contributed by atoms with Gasteiger partial charge in [0.2, 0.25) is 0 Å². The molecule has 54 heavy (non-hydrogen) atoms. The molecule has 0 saturated carbocycles. The van der Waals surface area contributed by atoms with Crippen LogP contribution in [0.2, 0.25) is 0 Å². The number of rotatable bonds is 8. The number of fused-ring (bicyclic) bond motifs is 5. The first-order valence-electron chi connectivity index (χ1n) is 18.4. The molecule has 2 aromatic heterocycles. The number of carbonyl (C=O) groups excluding carboxylic acids is 1. The van der Waals surface area contributed by atoms with E-state index in [0.29, 0.717) is 47.4 Å². The van der Waals surface area contributed by atoms with Crippen LogP contribution in [0, 0.1) is 24.0 Å². The van der Waals surface area contributed by atoms with Gasteiger partial charge < -0.3 is 23.8 Å². The van der Waals surface area contributed by atoms with Gasteiger partial charge in [0.05, 0.1) is 28.6 Å². The van der Waals surface area contributed by atoms with E-state index in [1.807, 2.05) is 25.7 Å². The lowest BCUT2D eigenvalue weighted by atomic mass is 9.94. The number of amides is 1. The van der Waals surface area contributed by atoms with Crippen molar-refractivity contribution in [3.63, 3.8) is 0 Å². The normalized spacial score (nSPS) is 22.6. The Labute approximate surface area is 313 Å². The number of nitrogens with zero attached hydrogens (tertiary/aromatic N) is 6. The van der Waals surface area contributed by atoms with Crippen molar-refractivity contribution in [3.8, 4) is 35.4 Å². The van der Waals surface area contributed by atoms with E-state index in [-0.39, 0.29) is 58.9 Å². The van der Waals surface area contributed by atoms with Crippen LogP contribution >= 0.6 is 0 Å². The van der Waals surface area contributed by atoms with E-state index in [9.17, 15) is 4.79 Å². The predicted octanol–water partition coefficient (Wildman–Crippen LogP) is 6.85. The van der Waals surface area contributed by atoms with E-state index >= 15 is 8.78 Å². The summed E-state index contributed by atoms with van der Waals surface area (Å²) in [5, 5.41) is 1.23. The lowest BCUT2D eigenvalue weighted by Gasteiger charge is -2.42. The van der Waals surface area contributed by atoms with Gasteiger partial charge in [-0.3, -0.25) is 14.8 Å². The number of carbonyl (C=O) groups is 1. The van der Waals surface area contributed by atoms with Crippen LogP contribution in [-0.4, -0.2) is 101 Å². The van der Waals surface area contributed by atoms with Crippen LogP contribution in [-0.2, 0) is 9.47 Å². The highest BCUT2D eigenvalue weighted by molar-refractivity contribution is 6.03. The lowest BCUT2D eigenvalue weighted by molar-refractivity contribution is 0.0122. The summed E-state index contributed by atoms with van der Waals surface area (Å²) in [6.07, 6.45) is 11.4. The highest BCUT2D eigenvalue weighted by atomic mass is 19.1. The number of methoxy groups -OCH3 is 1. The molecule has 282 valence electrons. The second kappa shape index (κ2) is 13.7. The second-order valence-electron chi connectivity index (χ2n) is 15.8. The molecule has 2 aromatic carbocycles. The van der Waals surface area contributed by atoms with Crippen LogP contribution in [0.15, 0.2) is 42.6 Å². The summed E-state index contributed by atoms with van der Waals surface area (Å²) in [6.45, 7) is 12.8. The molecule has 0 N–H and O–H groups in total. The first kappa shape index (κ1) is 35.9. The van der Waals surface area contributed by atoms with Gasteiger partial charge in [0.1, 0.15) is 40.8 Å². The molecule has 1 amide bonds. The molecule has 4 fully saturated rings. The first-order chi connectivity index (χ1) is 25.9. The summed E-state index contributed by atoms with van der Waals surface area (Å²) in [5.41, 5.74) is 0.437. The minimum absolute atomic E-state index is 0.00597. The molecule has 3 atom stereocenters. The molecule has 2 bridgehead atoms. The number of pyridine rings is 1. The standard InChI is InChI=1S/C41H44F2N6O5/c1-7-29-32(42)12-9-25-15-28(53-23-51-6)16-30(33(25)29)35-34(43)36-31(18-44-35)37(46-38(45-36)52-22-41-13-8-14-48(41)19-24(2)17-41)47-20-26-10-11-27(21-47)49(26)39(50)54-40(3,4)5/h1,9,12,15-16,18,26-27H,2,8,10-11,13-14,17,19-23H2,3-6H3. The fraction of sp³-hybridized carbons (Fsp3) is 0.463. The maximum Gasteiger partial charge on any atom is 0.410 e. The molecule has 0 spiro atoms. The minimum atomic E-state index is -0.747. The quantitative estimate of drug-likeness (QED) is 0.108. The molecule has 13 heteroatoms. The second-order valence-corrected chi connectivity index (χ2v) is 15.8. The molecule has 0 aliphatic carbocycles. The number of anilines is 1. The Kier molecular flexibility index (Phi) is 9.09. The van der Waals surface area contributed by atoms with E-state index in [1.54, 1.807) is 18.2 Å². The van der Waals surface area contributed by atoms with E-state index in [4.69, 9.17) is 35.3 Å². The zero-order chi connectivity index (χ0) is 37.9. The zero-order valence-corrected chi connectivity index (χ0v) is 31.1. The Morgan fingerprint density at radius 1 is 1.13 bits per heavy atom. The van der Waals surface area contributed by atoms with Crippen molar-refractivity contribution < 1.29 is 32.5 Å². The fourth-order valence-electron chi connectivity index (χ4n) is 8.80. The summed E-state index contributed by atoms with van der Waals surface area (Å²) >= 11 is 0. The molecule has 4 aliphatic rings. The van der Waals surface area contributed by atoms with Crippen molar-refractivity contribution >= 4 is 33.6 Å². The monoisotopic (exact) mass is 738 g/mol. The van der Waals surface area contributed by atoms with Gasteiger partial charge in [0, 0.05) is 43.9 Å². The molecule has 4 aliphatic heterocycles. The molecular formula is C41H44F2N6O5. The smallest absolute Gasteiger partial charge is 0.410 e. The third kappa shape index (κ3) is 6.35. The number of ether oxygens (including phenoxy) is 4. The predicted molar refractivity (Wildman–Crippen MR) is 201 cm³/mol. The Hall–Kier alpha value is -5.06. The topological polar surface area (TPSA) is 102 Å². The van der Waals surface area contributed by atoms with Crippen LogP contribution < -0.4 is 14.4 Å². The Morgan fingerprint density at radius 3 is 2.63 bits per heavy atom. The summed E-state index contributed by atoms with van der Waals surface area (Å²) in [7, 11) is 1.49. The maximum absolute atomic E-state index is 17.3. The van der Waals surface area contributed by atoms with Crippen LogP contribution in [0.1, 0.15) is 58.4 Å². The lowest BCUT2D eigenvalue weighted by Crippen LogP contribution is -2.57. The van der Waals surface area contributed by atoms with Crippen molar-refractivity contribution in [2.45, 2.75) is 76.1 Å². The van der Waals surface area contributed by atoms with Gasteiger partial charge in [0.15, 0.2) is 12.6 Å². The van der Waals surface area contributed by atoms with E-state index in [2.05, 4.69) is 27.3 Å². The van der Waals surface area contributed by atoms with Gasteiger partial charge in [-0.25, -0.2) is 13.6 Å². The third-order valence-electron chi connectivity index (χ3n) is 11.0. The summed E-state index contributed by atoms with van der Waals surface area (Å²) in [4.78, 5) is 33.8. The van der Waals surface area contributed by atoms with Crippen molar-refractivity contribution in [1.82, 2.24) is 24.8 Å². The van der Waals surface area contributed by atoms with Crippen LogP contribution in [0.25, 0.3) is 32.9 Å². The number of terminal acetylenes is 1. The molecule has 6 heterocycles. The molecule has 8 rings (SSSR count). The molecule has 0 radical (unpaired) electrons. The van der Waals surface area contributed by atoms with Crippen molar-refractivity contribution in [3.05, 3.63) is 59.8 Å². The Morgan fingerprint density at radius 2 is 1.91 bits per heavy atom. The fourth-order valence-corrected chi connectivity index (χ4v) is 8.80. The number of halogens is 2. The molecule has 4 saturated heterocycles. The Balaban J connectivity index is 1.24. The number of piperazine rings is 1.